The SMILES string of the molecule is CCCNc1ncc(Br)c(Oc2cc(Br)ccc2Cl)n1. The van der Waals surface area contributed by atoms with E-state index in [0.717, 1.165) is 17.4 Å². The second-order valence-corrected chi connectivity index (χ2v) is 6.13. The molecule has 0 fully saturated rings. The standard InChI is InChI=1S/C13H12Br2ClN3O/c1-2-5-17-13-18-7-9(15)12(19-13)20-11-6-8(14)3-4-10(11)16/h3-4,6-7H,2,5H2,1H3,(H,17,18,19). The number of hydrogen-bond donors (Lipinski definition) is 1. The van der Waals surface area contributed by atoms with E-state index in [1.165, 1.54) is 0 Å². The van der Waals surface area contributed by atoms with Crippen LogP contribution in [0.3, 0.4) is 0 Å². The summed E-state index contributed by atoms with van der Waals surface area (Å²) >= 11 is 12.8. The van der Waals surface area contributed by atoms with Crippen LogP contribution < -0.4 is 10.1 Å². The molecule has 1 N–H and O–H groups in total. The third kappa shape index (κ3) is 4.07. The van der Waals surface area contributed by atoms with Gasteiger partial charge in [0.15, 0.2) is 0 Å². The molecule has 0 atom stereocenters. The second-order valence-electron chi connectivity index (χ2n) is 3.95. The maximum absolute atomic E-state index is 6.10. The van der Waals surface area contributed by atoms with Crippen molar-refractivity contribution in [2.24, 2.45) is 0 Å². The highest BCUT2D eigenvalue weighted by atomic mass is 79.9. The molecule has 0 radical (unpaired) electrons. The Hall–Kier alpha value is -0.850. The first-order valence-corrected chi connectivity index (χ1v) is 7.96. The predicted octanol–water partition coefficient (Wildman–Crippen LogP) is 5.27. The number of benzene rings is 1. The first-order valence-electron chi connectivity index (χ1n) is 5.99. The molecule has 0 aliphatic rings. The van der Waals surface area contributed by atoms with Gasteiger partial charge in [-0.25, -0.2) is 4.98 Å². The van der Waals surface area contributed by atoms with Crippen LogP contribution in [0.2, 0.25) is 5.02 Å². The predicted molar refractivity (Wildman–Crippen MR) is 87.7 cm³/mol. The molecule has 20 heavy (non-hydrogen) atoms. The molecular formula is C13H12Br2ClN3O. The second kappa shape index (κ2) is 7.24. The lowest BCUT2D eigenvalue weighted by atomic mass is 10.3. The van der Waals surface area contributed by atoms with E-state index < -0.39 is 0 Å². The quantitative estimate of drug-likeness (QED) is 0.715. The Morgan fingerprint density at radius 2 is 2.15 bits per heavy atom. The van der Waals surface area contributed by atoms with Gasteiger partial charge in [0.1, 0.15) is 5.75 Å². The molecule has 0 saturated heterocycles. The van der Waals surface area contributed by atoms with Crippen LogP contribution in [-0.2, 0) is 0 Å². The minimum absolute atomic E-state index is 0.415. The van der Waals surface area contributed by atoms with Crippen molar-refractivity contribution in [3.8, 4) is 11.6 Å². The van der Waals surface area contributed by atoms with E-state index in [0.29, 0.717) is 27.1 Å². The summed E-state index contributed by atoms with van der Waals surface area (Å²) in [6, 6.07) is 5.39. The van der Waals surface area contributed by atoms with E-state index in [1.807, 2.05) is 6.07 Å². The van der Waals surface area contributed by atoms with Crippen molar-refractivity contribution in [3.05, 3.63) is 38.4 Å². The Balaban J connectivity index is 2.25. The number of hydrogen-bond acceptors (Lipinski definition) is 4. The third-order valence-electron chi connectivity index (χ3n) is 2.34. The van der Waals surface area contributed by atoms with Gasteiger partial charge in [-0.15, -0.1) is 0 Å². The maximum atomic E-state index is 6.10. The lowest BCUT2D eigenvalue weighted by Gasteiger charge is -2.10. The van der Waals surface area contributed by atoms with Gasteiger partial charge in [0.05, 0.1) is 15.7 Å². The van der Waals surface area contributed by atoms with Gasteiger partial charge in [-0.05, 0) is 40.5 Å². The van der Waals surface area contributed by atoms with E-state index in [-0.39, 0.29) is 0 Å². The molecule has 0 bridgehead atoms. The average Bonchev–Trinajstić information content (AvgIpc) is 2.43. The smallest absolute Gasteiger partial charge is 0.238 e. The van der Waals surface area contributed by atoms with E-state index in [2.05, 4.69) is 54.1 Å². The van der Waals surface area contributed by atoms with Gasteiger partial charge in [-0.3, -0.25) is 0 Å². The Labute approximate surface area is 139 Å². The van der Waals surface area contributed by atoms with E-state index in [4.69, 9.17) is 16.3 Å². The lowest BCUT2D eigenvalue weighted by Crippen LogP contribution is -2.05. The van der Waals surface area contributed by atoms with Crippen LogP contribution in [0.4, 0.5) is 5.95 Å². The van der Waals surface area contributed by atoms with Gasteiger partial charge < -0.3 is 10.1 Å². The molecule has 1 aromatic carbocycles. The fourth-order valence-electron chi connectivity index (χ4n) is 1.40. The summed E-state index contributed by atoms with van der Waals surface area (Å²) < 4.78 is 7.28. The van der Waals surface area contributed by atoms with Crippen molar-refractivity contribution >= 4 is 49.4 Å². The molecule has 4 nitrogen and oxygen atoms in total. The number of nitrogens with one attached hydrogen (secondary N) is 1. The number of rotatable bonds is 5. The summed E-state index contributed by atoms with van der Waals surface area (Å²) in [4.78, 5) is 8.48. The minimum Gasteiger partial charge on any atom is -0.436 e. The van der Waals surface area contributed by atoms with Gasteiger partial charge in [0.25, 0.3) is 0 Å². The molecule has 1 aromatic heterocycles. The summed E-state index contributed by atoms with van der Waals surface area (Å²) in [5.41, 5.74) is 0. The fourth-order valence-corrected chi connectivity index (χ4v) is 2.17. The Morgan fingerprint density at radius 1 is 1.35 bits per heavy atom. The van der Waals surface area contributed by atoms with Gasteiger partial charge >= 0.3 is 0 Å². The van der Waals surface area contributed by atoms with E-state index >= 15 is 0 Å². The zero-order valence-electron chi connectivity index (χ0n) is 10.7. The monoisotopic (exact) mass is 419 g/mol. The zero-order chi connectivity index (χ0) is 14.5. The summed E-state index contributed by atoms with van der Waals surface area (Å²) in [5.74, 6) is 1.47. The minimum atomic E-state index is 0.415. The third-order valence-corrected chi connectivity index (χ3v) is 3.69. The Kier molecular flexibility index (Phi) is 5.63. The number of aromatic nitrogens is 2. The molecule has 2 rings (SSSR count). The van der Waals surface area contributed by atoms with E-state index in [1.54, 1.807) is 18.3 Å². The molecule has 0 aliphatic heterocycles. The van der Waals surface area contributed by atoms with Crippen LogP contribution in [0.15, 0.2) is 33.3 Å². The first kappa shape index (κ1) is 15.5. The van der Waals surface area contributed by atoms with Gasteiger partial charge in [0, 0.05) is 11.0 Å². The van der Waals surface area contributed by atoms with E-state index in [9.17, 15) is 0 Å². The van der Waals surface area contributed by atoms with Crippen LogP contribution in [0.1, 0.15) is 13.3 Å². The molecule has 1 heterocycles. The summed E-state index contributed by atoms with van der Waals surface area (Å²) in [6.07, 6.45) is 2.64. The number of ether oxygens (including phenoxy) is 1. The lowest BCUT2D eigenvalue weighted by molar-refractivity contribution is 0.459. The molecule has 2 aromatic rings. The van der Waals surface area contributed by atoms with Crippen molar-refractivity contribution in [2.75, 3.05) is 11.9 Å². The van der Waals surface area contributed by atoms with Crippen LogP contribution in [-0.4, -0.2) is 16.5 Å². The van der Waals surface area contributed by atoms with Crippen LogP contribution >= 0.6 is 43.5 Å². The molecular weight excluding hydrogens is 409 g/mol. The summed E-state index contributed by atoms with van der Waals surface area (Å²) in [5, 5.41) is 3.62. The normalized spacial score (nSPS) is 10.4. The first-order chi connectivity index (χ1) is 9.60. The van der Waals surface area contributed by atoms with Crippen molar-refractivity contribution in [3.63, 3.8) is 0 Å². The fraction of sp³-hybridized carbons (Fsp3) is 0.231. The zero-order valence-corrected chi connectivity index (χ0v) is 14.6. The molecule has 7 heteroatoms. The topological polar surface area (TPSA) is 47.0 Å². The summed E-state index contributed by atoms with van der Waals surface area (Å²) in [7, 11) is 0. The number of nitrogens with zero attached hydrogens (tertiary/aromatic N) is 2. The number of anilines is 1. The van der Waals surface area contributed by atoms with Gasteiger partial charge in [-0.1, -0.05) is 34.5 Å². The van der Waals surface area contributed by atoms with Gasteiger partial charge in [0.2, 0.25) is 11.8 Å². The van der Waals surface area contributed by atoms with Crippen molar-refractivity contribution in [1.82, 2.24) is 9.97 Å². The molecule has 0 aliphatic carbocycles. The van der Waals surface area contributed by atoms with Crippen molar-refractivity contribution < 1.29 is 4.74 Å². The highest BCUT2D eigenvalue weighted by Gasteiger charge is 2.10. The van der Waals surface area contributed by atoms with Crippen molar-refractivity contribution in [2.45, 2.75) is 13.3 Å². The Bertz CT molecular complexity index is 610. The van der Waals surface area contributed by atoms with Gasteiger partial charge in [-0.2, -0.15) is 4.98 Å². The highest BCUT2D eigenvalue weighted by molar-refractivity contribution is 9.10. The molecule has 0 amide bonds. The molecule has 0 spiro atoms. The molecule has 0 saturated carbocycles. The van der Waals surface area contributed by atoms with Crippen molar-refractivity contribution in [1.29, 1.82) is 0 Å². The number of halogens is 3. The molecule has 106 valence electrons. The van der Waals surface area contributed by atoms with Crippen LogP contribution in [0.5, 0.6) is 11.6 Å². The maximum Gasteiger partial charge on any atom is 0.238 e. The Morgan fingerprint density at radius 3 is 2.90 bits per heavy atom. The van der Waals surface area contributed by atoms with Crippen LogP contribution in [0.25, 0.3) is 0 Å². The largest absolute Gasteiger partial charge is 0.436 e. The highest BCUT2D eigenvalue weighted by Crippen LogP contribution is 2.34. The summed E-state index contributed by atoms with van der Waals surface area (Å²) in [6.45, 7) is 2.88. The average molecular weight is 422 g/mol. The van der Waals surface area contributed by atoms with Crippen LogP contribution in [0, 0.1) is 0 Å². The molecule has 0 unspecified atom stereocenters.